The third-order valence-electron chi connectivity index (χ3n) is 4.43. The maximum atomic E-state index is 13.0. The van der Waals surface area contributed by atoms with E-state index in [9.17, 15) is 23.1 Å². The number of aliphatic hydroxyl groups is 1. The largest absolute Gasteiger partial charge is 0.416 e. The van der Waals surface area contributed by atoms with Crippen LogP contribution in [0.15, 0.2) is 24.3 Å². The first-order valence-corrected chi connectivity index (χ1v) is 7.90. The van der Waals surface area contributed by atoms with Gasteiger partial charge in [0.05, 0.1) is 12.0 Å². The zero-order valence-electron chi connectivity index (χ0n) is 13.9. The van der Waals surface area contributed by atoms with E-state index >= 15 is 0 Å². The molecule has 0 saturated carbocycles. The van der Waals surface area contributed by atoms with Gasteiger partial charge in [-0.15, -0.1) is 0 Å². The van der Waals surface area contributed by atoms with Crippen LogP contribution in [0.1, 0.15) is 11.1 Å². The van der Waals surface area contributed by atoms with E-state index in [4.69, 9.17) is 0 Å². The maximum absolute atomic E-state index is 13.0. The molecule has 24 heavy (non-hydrogen) atoms. The van der Waals surface area contributed by atoms with Crippen molar-refractivity contribution in [1.82, 2.24) is 9.80 Å². The van der Waals surface area contributed by atoms with Crippen molar-refractivity contribution in [2.24, 2.45) is 11.8 Å². The molecule has 1 aromatic carbocycles. The van der Waals surface area contributed by atoms with E-state index in [2.05, 4.69) is 0 Å². The zero-order chi connectivity index (χ0) is 17.9. The van der Waals surface area contributed by atoms with E-state index in [0.29, 0.717) is 13.1 Å². The summed E-state index contributed by atoms with van der Waals surface area (Å²) in [6.45, 7) is 1.56. The molecule has 134 valence electrons. The van der Waals surface area contributed by atoms with Gasteiger partial charge in [0.1, 0.15) is 0 Å². The van der Waals surface area contributed by atoms with E-state index in [1.807, 2.05) is 19.0 Å². The van der Waals surface area contributed by atoms with Crippen LogP contribution in [0.3, 0.4) is 0 Å². The minimum absolute atomic E-state index is 0.00777. The number of aliphatic hydroxyl groups excluding tert-OH is 1. The first-order chi connectivity index (χ1) is 11.2. The van der Waals surface area contributed by atoms with Crippen LogP contribution in [-0.4, -0.2) is 61.2 Å². The van der Waals surface area contributed by atoms with Gasteiger partial charge in [0.2, 0.25) is 5.91 Å². The number of halogens is 3. The topological polar surface area (TPSA) is 43.8 Å². The molecule has 1 N–H and O–H groups in total. The molecule has 0 radical (unpaired) electrons. The molecule has 0 aromatic heterocycles. The van der Waals surface area contributed by atoms with E-state index in [1.165, 1.54) is 18.2 Å². The Kier molecular flexibility index (Phi) is 5.87. The summed E-state index contributed by atoms with van der Waals surface area (Å²) < 4.78 is 39.1. The second-order valence-electron chi connectivity index (χ2n) is 6.60. The molecule has 1 aromatic rings. The standard InChI is InChI=1S/C17H23F3N2O2/c1-21(2)8-13-9-22(10-14(13)11-23)16(24)7-12-5-3-4-6-15(12)17(18,19)20/h3-6,13-14,23H,7-11H2,1-2H3/t13-,14-/m1/s1. The summed E-state index contributed by atoms with van der Waals surface area (Å²) in [6.07, 6.45) is -4.74. The van der Waals surface area contributed by atoms with Gasteiger partial charge in [-0.1, -0.05) is 18.2 Å². The normalized spacial score (nSPS) is 21.5. The molecule has 1 fully saturated rings. The molecule has 1 heterocycles. The molecule has 7 heteroatoms. The summed E-state index contributed by atoms with van der Waals surface area (Å²) in [5.74, 6) is -0.229. The Bertz CT molecular complexity index is 575. The Hall–Kier alpha value is -1.60. The molecular formula is C17H23F3N2O2. The van der Waals surface area contributed by atoms with Crippen LogP contribution in [0, 0.1) is 11.8 Å². The Morgan fingerprint density at radius 2 is 1.88 bits per heavy atom. The van der Waals surface area contributed by atoms with Crippen LogP contribution in [-0.2, 0) is 17.4 Å². The Morgan fingerprint density at radius 1 is 1.25 bits per heavy atom. The highest BCUT2D eigenvalue weighted by molar-refractivity contribution is 5.79. The second kappa shape index (κ2) is 7.53. The zero-order valence-corrected chi connectivity index (χ0v) is 13.9. The van der Waals surface area contributed by atoms with Crippen molar-refractivity contribution < 1.29 is 23.1 Å². The molecule has 0 bridgehead atoms. The number of nitrogens with zero attached hydrogens (tertiary/aromatic N) is 2. The van der Waals surface area contributed by atoms with Crippen LogP contribution in [0.5, 0.6) is 0 Å². The van der Waals surface area contributed by atoms with Gasteiger partial charge in [-0.05, 0) is 31.6 Å². The minimum Gasteiger partial charge on any atom is -0.396 e. The number of likely N-dealkylation sites (tertiary alicyclic amines) is 1. The van der Waals surface area contributed by atoms with Crippen LogP contribution in [0.2, 0.25) is 0 Å². The van der Waals surface area contributed by atoms with Crippen molar-refractivity contribution in [1.29, 1.82) is 0 Å². The maximum Gasteiger partial charge on any atom is 0.416 e. The van der Waals surface area contributed by atoms with Crippen molar-refractivity contribution in [3.05, 3.63) is 35.4 Å². The number of alkyl halides is 3. The average Bonchev–Trinajstić information content (AvgIpc) is 2.89. The minimum atomic E-state index is -4.47. The smallest absolute Gasteiger partial charge is 0.396 e. The number of carbonyl (C=O) groups excluding carboxylic acids is 1. The van der Waals surface area contributed by atoms with Crippen molar-refractivity contribution in [2.75, 3.05) is 40.3 Å². The fourth-order valence-corrected chi connectivity index (χ4v) is 3.25. The number of carbonyl (C=O) groups is 1. The van der Waals surface area contributed by atoms with Crippen LogP contribution in [0.4, 0.5) is 13.2 Å². The average molecular weight is 344 g/mol. The van der Waals surface area contributed by atoms with Gasteiger partial charge < -0.3 is 14.9 Å². The molecule has 2 rings (SSSR count). The lowest BCUT2D eigenvalue weighted by molar-refractivity contribution is -0.138. The number of hydrogen-bond acceptors (Lipinski definition) is 3. The summed E-state index contributed by atoms with van der Waals surface area (Å²) in [6, 6.07) is 5.17. The molecule has 4 nitrogen and oxygen atoms in total. The second-order valence-corrected chi connectivity index (χ2v) is 6.60. The van der Waals surface area contributed by atoms with Gasteiger partial charge >= 0.3 is 6.18 Å². The molecule has 0 aliphatic carbocycles. The third kappa shape index (κ3) is 4.48. The highest BCUT2D eigenvalue weighted by atomic mass is 19.4. The first kappa shape index (κ1) is 18.7. The van der Waals surface area contributed by atoms with Gasteiger partial charge in [0.15, 0.2) is 0 Å². The molecule has 2 atom stereocenters. The predicted octanol–water partition coefficient (Wildman–Crippen LogP) is 1.88. The third-order valence-corrected chi connectivity index (χ3v) is 4.43. The Morgan fingerprint density at radius 3 is 2.46 bits per heavy atom. The number of rotatable bonds is 5. The van der Waals surface area contributed by atoms with Crippen molar-refractivity contribution in [3.8, 4) is 0 Å². The summed E-state index contributed by atoms with van der Waals surface area (Å²) in [5.41, 5.74) is -0.771. The Balaban J connectivity index is 2.09. The van der Waals surface area contributed by atoms with E-state index < -0.39 is 11.7 Å². The molecule has 1 aliphatic rings. The monoisotopic (exact) mass is 344 g/mol. The SMILES string of the molecule is CN(C)C[C@@H]1CN(C(=O)Cc2ccccc2C(F)(F)F)C[C@@H]1CO. The highest BCUT2D eigenvalue weighted by Gasteiger charge is 2.37. The summed E-state index contributed by atoms with van der Waals surface area (Å²) in [5, 5.41) is 9.48. The molecular weight excluding hydrogens is 321 g/mol. The van der Waals surface area contributed by atoms with E-state index in [1.54, 1.807) is 4.90 Å². The summed E-state index contributed by atoms with van der Waals surface area (Å²) in [7, 11) is 3.83. The quantitative estimate of drug-likeness (QED) is 0.887. The van der Waals surface area contributed by atoms with Gasteiger partial charge in [0, 0.05) is 32.2 Å². The van der Waals surface area contributed by atoms with Crippen LogP contribution < -0.4 is 0 Å². The van der Waals surface area contributed by atoms with Gasteiger partial charge in [-0.3, -0.25) is 4.79 Å². The van der Waals surface area contributed by atoms with Gasteiger partial charge in [-0.25, -0.2) is 0 Å². The fraction of sp³-hybridized carbons (Fsp3) is 0.588. The highest BCUT2D eigenvalue weighted by Crippen LogP contribution is 2.32. The molecule has 1 saturated heterocycles. The van der Waals surface area contributed by atoms with Crippen LogP contribution >= 0.6 is 0 Å². The number of hydrogen-bond donors (Lipinski definition) is 1. The summed E-state index contributed by atoms with van der Waals surface area (Å²) >= 11 is 0. The lowest BCUT2D eigenvalue weighted by Crippen LogP contribution is -2.32. The number of amides is 1. The van der Waals surface area contributed by atoms with E-state index in [0.717, 1.165) is 12.6 Å². The lowest BCUT2D eigenvalue weighted by atomic mass is 9.97. The van der Waals surface area contributed by atoms with Gasteiger partial charge in [0.25, 0.3) is 0 Å². The Labute approximate surface area is 139 Å². The van der Waals surface area contributed by atoms with Gasteiger partial charge in [-0.2, -0.15) is 13.2 Å². The molecule has 1 aliphatic heterocycles. The van der Waals surface area contributed by atoms with Crippen molar-refractivity contribution in [3.63, 3.8) is 0 Å². The summed E-state index contributed by atoms with van der Waals surface area (Å²) in [4.78, 5) is 16.0. The predicted molar refractivity (Wildman–Crippen MR) is 84.3 cm³/mol. The molecule has 0 unspecified atom stereocenters. The van der Waals surface area contributed by atoms with Crippen LogP contribution in [0.25, 0.3) is 0 Å². The molecule has 0 spiro atoms. The van der Waals surface area contributed by atoms with E-state index in [-0.39, 0.29) is 36.3 Å². The lowest BCUT2D eigenvalue weighted by Gasteiger charge is -2.20. The number of benzene rings is 1. The fourth-order valence-electron chi connectivity index (χ4n) is 3.25. The first-order valence-electron chi connectivity index (χ1n) is 7.90. The molecule has 1 amide bonds. The van der Waals surface area contributed by atoms with Crippen molar-refractivity contribution in [2.45, 2.75) is 12.6 Å². The van der Waals surface area contributed by atoms with Crippen molar-refractivity contribution >= 4 is 5.91 Å².